The molecule has 3 fully saturated rings. The third-order valence-electron chi connectivity index (χ3n) is 8.44. The molecule has 0 radical (unpaired) electrons. The van der Waals surface area contributed by atoms with Crippen LogP contribution in [0.3, 0.4) is 0 Å². The number of morpholine rings is 1. The van der Waals surface area contributed by atoms with Crippen LogP contribution in [0.25, 0.3) is 11.1 Å². The lowest BCUT2D eigenvalue weighted by molar-refractivity contribution is 0.122. The number of carbonyl (C=O) groups is 1. The van der Waals surface area contributed by atoms with Gasteiger partial charge in [-0.25, -0.2) is 14.2 Å². The molecule has 1 aromatic heterocycles. The molecule has 0 atom stereocenters. The SMILES string of the molecule is CN(C)C(=O)N[C@H]1CC[C@H](CCN2CCN(c3cc(-c4ccc(F)cc4)cc(N4CCOCC4)n3)CC2)CC1. The summed E-state index contributed by atoms with van der Waals surface area (Å²) in [6.45, 7) is 8.18. The molecule has 2 saturated heterocycles. The summed E-state index contributed by atoms with van der Waals surface area (Å²) < 4.78 is 19.1. The smallest absolute Gasteiger partial charge is 0.317 e. The maximum Gasteiger partial charge on any atom is 0.317 e. The van der Waals surface area contributed by atoms with E-state index in [2.05, 4.69) is 32.1 Å². The Bertz CT molecular complexity index is 1080. The van der Waals surface area contributed by atoms with Crippen LogP contribution < -0.4 is 15.1 Å². The van der Waals surface area contributed by atoms with Crippen LogP contribution in [0.5, 0.6) is 0 Å². The van der Waals surface area contributed by atoms with Crippen molar-refractivity contribution in [1.82, 2.24) is 20.1 Å². The minimum atomic E-state index is -0.221. The van der Waals surface area contributed by atoms with E-state index < -0.39 is 0 Å². The molecule has 3 aliphatic rings. The van der Waals surface area contributed by atoms with Gasteiger partial charge in [0, 0.05) is 59.4 Å². The number of urea groups is 1. The quantitative estimate of drug-likeness (QED) is 0.574. The summed E-state index contributed by atoms with van der Waals surface area (Å²) in [5, 5.41) is 3.15. The summed E-state index contributed by atoms with van der Waals surface area (Å²) in [5.41, 5.74) is 2.07. The fraction of sp³-hybridized carbons (Fsp3) is 0.600. The molecule has 2 aliphatic heterocycles. The third kappa shape index (κ3) is 7.39. The van der Waals surface area contributed by atoms with Gasteiger partial charge in [-0.1, -0.05) is 12.1 Å². The predicted octanol–water partition coefficient (Wildman–Crippen LogP) is 4.07. The van der Waals surface area contributed by atoms with E-state index >= 15 is 0 Å². The second-order valence-corrected chi connectivity index (χ2v) is 11.4. The molecule has 0 bridgehead atoms. The number of anilines is 2. The number of piperazine rings is 1. The van der Waals surface area contributed by atoms with Gasteiger partial charge < -0.3 is 24.8 Å². The monoisotopic (exact) mass is 538 g/mol. The Morgan fingerprint density at radius 2 is 1.54 bits per heavy atom. The van der Waals surface area contributed by atoms with Crippen molar-refractivity contribution in [3.63, 3.8) is 0 Å². The highest BCUT2D eigenvalue weighted by molar-refractivity contribution is 5.74. The molecule has 9 heteroatoms. The molecule has 2 aromatic rings. The van der Waals surface area contributed by atoms with E-state index in [1.54, 1.807) is 19.0 Å². The fourth-order valence-corrected chi connectivity index (χ4v) is 5.89. The number of benzene rings is 1. The van der Waals surface area contributed by atoms with Crippen molar-refractivity contribution in [3.05, 3.63) is 42.2 Å². The van der Waals surface area contributed by atoms with E-state index in [9.17, 15) is 9.18 Å². The zero-order chi connectivity index (χ0) is 27.2. The molecule has 0 spiro atoms. The number of pyridine rings is 1. The number of halogens is 1. The number of hydrogen-bond acceptors (Lipinski definition) is 6. The zero-order valence-corrected chi connectivity index (χ0v) is 23.4. The summed E-state index contributed by atoms with van der Waals surface area (Å²) in [7, 11) is 3.59. The molecule has 2 amide bonds. The first kappa shape index (κ1) is 27.6. The maximum atomic E-state index is 13.6. The number of carbonyl (C=O) groups excluding carboxylic acids is 1. The summed E-state index contributed by atoms with van der Waals surface area (Å²) in [5.74, 6) is 2.49. The van der Waals surface area contributed by atoms with E-state index in [4.69, 9.17) is 9.72 Å². The molecule has 39 heavy (non-hydrogen) atoms. The highest BCUT2D eigenvalue weighted by Gasteiger charge is 2.25. The number of aromatic nitrogens is 1. The molecular formula is C30H43FN6O2. The summed E-state index contributed by atoms with van der Waals surface area (Å²) in [4.78, 5) is 25.9. The molecule has 1 aromatic carbocycles. The highest BCUT2D eigenvalue weighted by Crippen LogP contribution is 2.30. The molecule has 0 unspecified atom stereocenters. The minimum absolute atomic E-state index is 0.0195. The van der Waals surface area contributed by atoms with Crippen molar-refractivity contribution < 1.29 is 13.9 Å². The molecule has 1 aliphatic carbocycles. The van der Waals surface area contributed by atoms with Gasteiger partial charge in [-0.15, -0.1) is 0 Å². The van der Waals surface area contributed by atoms with Crippen LogP contribution in [-0.2, 0) is 4.74 Å². The number of amides is 2. The first-order chi connectivity index (χ1) is 18.9. The number of hydrogen-bond donors (Lipinski definition) is 1. The average molecular weight is 539 g/mol. The predicted molar refractivity (Wildman–Crippen MR) is 154 cm³/mol. The Balaban J connectivity index is 1.15. The van der Waals surface area contributed by atoms with Crippen LogP contribution in [0, 0.1) is 11.7 Å². The lowest BCUT2D eigenvalue weighted by atomic mass is 9.84. The maximum absolute atomic E-state index is 13.6. The molecule has 1 saturated carbocycles. The van der Waals surface area contributed by atoms with Crippen molar-refractivity contribution in [2.75, 3.05) is 82.9 Å². The lowest BCUT2D eigenvalue weighted by Gasteiger charge is -2.37. The van der Waals surface area contributed by atoms with Crippen LogP contribution in [0.15, 0.2) is 36.4 Å². The van der Waals surface area contributed by atoms with E-state index in [1.807, 2.05) is 12.1 Å². The molecule has 8 nitrogen and oxygen atoms in total. The van der Waals surface area contributed by atoms with Gasteiger partial charge in [0.1, 0.15) is 17.5 Å². The number of nitrogens with one attached hydrogen (secondary N) is 1. The van der Waals surface area contributed by atoms with Gasteiger partial charge >= 0.3 is 6.03 Å². The third-order valence-corrected chi connectivity index (χ3v) is 8.44. The van der Waals surface area contributed by atoms with E-state index in [0.717, 1.165) is 87.3 Å². The Kier molecular flexibility index (Phi) is 9.19. The van der Waals surface area contributed by atoms with E-state index in [1.165, 1.54) is 31.4 Å². The van der Waals surface area contributed by atoms with Crippen molar-refractivity contribution in [3.8, 4) is 11.1 Å². The van der Waals surface area contributed by atoms with Gasteiger partial charge in [0.05, 0.1) is 13.2 Å². The average Bonchev–Trinajstić information content (AvgIpc) is 2.97. The second kappa shape index (κ2) is 13.0. The second-order valence-electron chi connectivity index (χ2n) is 11.4. The summed E-state index contributed by atoms with van der Waals surface area (Å²) in [6.07, 6.45) is 5.79. The fourth-order valence-electron chi connectivity index (χ4n) is 5.89. The summed E-state index contributed by atoms with van der Waals surface area (Å²) in [6, 6.07) is 11.4. The van der Waals surface area contributed by atoms with E-state index in [-0.39, 0.29) is 11.8 Å². The van der Waals surface area contributed by atoms with Crippen LogP contribution in [0.1, 0.15) is 32.1 Å². The topological polar surface area (TPSA) is 64.2 Å². The Morgan fingerprint density at radius 3 is 2.15 bits per heavy atom. The standard InChI is InChI=1S/C30H43FN6O2/c1-34(2)30(38)32-27-9-3-23(4-10-27)11-12-35-13-15-36(16-14-35)28-21-25(24-5-7-26(31)8-6-24)22-29(33-28)37-17-19-39-20-18-37/h5-8,21-23,27H,3-4,9-20H2,1-2H3,(H,32,38)/t23-,27-. The summed E-state index contributed by atoms with van der Waals surface area (Å²) >= 11 is 0. The number of nitrogens with zero attached hydrogens (tertiary/aromatic N) is 5. The van der Waals surface area contributed by atoms with E-state index in [0.29, 0.717) is 19.3 Å². The largest absolute Gasteiger partial charge is 0.378 e. The molecule has 3 heterocycles. The Morgan fingerprint density at radius 1 is 0.923 bits per heavy atom. The first-order valence-corrected chi connectivity index (χ1v) is 14.5. The molecule has 212 valence electrons. The Hall–Kier alpha value is -2.91. The normalized spacial score (nSPS) is 22.5. The van der Waals surface area contributed by atoms with Gasteiger partial charge in [0.25, 0.3) is 0 Å². The van der Waals surface area contributed by atoms with Gasteiger partial charge in [0.2, 0.25) is 0 Å². The van der Waals surface area contributed by atoms with Gasteiger partial charge in [-0.05, 0) is 80.0 Å². The van der Waals surface area contributed by atoms with Gasteiger partial charge in [-0.2, -0.15) is 0 Å². The lowest BCUT2D eigenvalue weighted by Crippen LogP contribution is -2.47. The van der Waals surface area contributed by atoms with Crippen molar-refractivity contribution in [2.45, 2.75) is 38.1 Å². The Labute approximate surface area is 232 Å². The zero-order valence-electron chi connectivity index (χ0n) is 23.4. The van der Waals surface area contributed by atoms with Crippen LogP contribution in [-0.4, -0.2) is 100.0 Å². The number of rotatable bonds is 7. The molecule has 1 N–H and O–H groups in total. The minimum Gasteiger partial charge on any atom is -0.378 e. The highest BCUT2D eigenvalue weighted by atomic mass is 19.1. The first-order valence-electron chi connectivity index (χ1n) is 14.5. The van der Waals surface area contributed by atoms with Gasteiger partial charge in [-0.3, -0.25) is 4.90 Å². The molecular weight excluding hydrogens is 495 g/mol. The van der Waals surface area contributed by atoms with Crippen LogP contribution in [0.4, 0.5) is 20.8 Å². The van der Waals surface area contributed by atoms with Gasteiger partial charge in [0.15, 0.2) is 0 Å². The van der Waals surface area contributed by atoms with Crippen molar-refractivity contribution in [1.29, 1.82) is 0 Å². The van der Waals surface area contributed by atoms with Crippen molar-refractivity contribution in [2.24, 2.45) is 5.92 Å². The van der Waals surface area contributed by atoms with Crippen molar-refractivity contribution >= 4 is 17.7 Å². The van der Waals surface area contributed by atoms with Crippen LogP contribution >= 0.6 is 0 Å². The molecule has 5 rings (SSSR count). The number of ether oxygens (including phenoxy) is 1. The van der Waals surface area contributed by atoms with Crippen LogP contribution in [0.2, 0.25) is 0 Å².